The monoisotopic (exact) mass is 171 g/mol. The van der Waals surface area contributed by atoms with E-state index in [1.165, 1.54) is 0 Å². The predicted octanol–water partition coefficient (Wildman–Crippen LogP) is 0.860. The molecule has 2 N–H and O–H groups in total. The molecule has 0 radical (unpaired) electrons. The predicted molar refractivity (Wildman–Crippen MR) is 50.2 cm³/mol. The van der Waals surface area contributed by atoms with Crippen molar-refractivity contribution in [1.82, 2.24) is 0 Å². The summed E-state index contributed by atoms with van der Waals surface area (Å²) in [6.07, 6.45) is 0.639. The minimum atomic E-state index is -0.144. The SMILES string of the molecule is C=C(C)C(=O)[N+](C)(C)C(N)CC. The highest BCUT2D eigenvalue weighted by atomic mass is 16.2. The summed E-state index contributed by atoms with van der Waals surface area (Å²) in [5, 5.41) is 0. The Balaban J connectivity index is 4.60. The molecule has 0 spiro atoms. The molecule has 1 atom stereocenters. The number of hydrogen-bond donors (Lipinski definition) is 1. The van der Waals surface area contributed by atoms with Crippen molar-refractivity contribution in [2.45, 2.75) is 26.4 Å². The summed E-state index contributed by atoms with van der Waals surface area (Å²) in [5.74, 6) is 0.00403. The number of carbonyl (C=O) groups is 1. The second-order valence-corrected chi connectivity index (χ2v) is 3.60. The van der Waals surface area contributed by atoms with Gasteiger partial charge in [-0.25, -0.2) is 9.28 Å². The van der Waals surface area contributed by atoms with E-state index in [1.54, 1.807) is 6.92 Å². The lowest BCUT2D eigenvalue weighted by molar-refractivity contribution is -0.838. The van der Waals surface area contributed by atoms with Gasteiger partial charge in [-0.05, 0) is 6.92 Å². The van der Waals surface area contributed by atoms with Gasteiger partial charge in [0.2, 0.25) is 0 Å². The molecule has 0 aromatic rings. The minimum Gasteiger partial charge on any atom is -0.281 e. The average Bonchev–Trinajstić information content (AvgIpc) is 2.01. The lowest BCUT2D eigenvalue weighted by Crippen LogP contribution is -2.57. The topological polar surface area (TPSA) is 43.1 Å². The average molecular weight is 171 g/mol. The van der Waals surface area contributed by atoms with Crippen molar-refractivity contribution in [3.05, 3.63) is 12.2 Å². The van der Waals surface area contributed by atoms with Crippen molar-refractivity contribution in [2.75, 3.05) is 14.1 Å². The molecule has 0 aliphatic rings. The van der Waals surface area contributed by atoms with Gasteiger partial charge in [-0.2, -0.15) is 0 Å². The maximum Gasteiger partial charge on any atom is 0.341 e. The fraction of sp³-hybridized carbons (Fsp3) is 0.667. The number of nitrogens with two attached hydrogens (primary N) is 1. The summed E-state index contributed by atoms with van der Waals surface area (Å²) >= 11 is 0. The normalized spacial score (nSPS) is 14.1. The number of amides is 1. The van der Waals surface area contributed by atoms with Gasteiger partial charge in [0, 0.05) is 12.0 Å². The summed E-state index contributed by atoms with van der Waals surface area (Å²) < 4.78 is 0.186. The maximum atomic E-state index is 11.6. The number of likely N-dealkylation sites (N-methyl/N-ethyl adjacent to an activating group) is 1. The van der Waals surface area contributed by atoms with Crippen LogP contribution in [0.25, 0.3) is 0 Å². The van der Waals surface area contributed by atoms with Crippen LogP contribution in [0.2, 0.25) is 0 Å². The summed E-state index contributed by atoms with van der Waals surface area (Å²) in [4.78, 5) is 11.6. The molecule has 70 valence electrons. The summed E-state index contributed by atoms with van der Waals surface area (Å²) in [7, 11) is 3.62. The van der Waals surface area contributed by atoms with Crippen LogP contribution in [0.4, 0.5) is 0 Å². The Morgan fingerprint density at radius 3 is 2.25 bits per heavy atom. The number of quaternary nitrogens is 1. The zero-order valence-corrected chi connectivity index (χ0v) is 8.42. The number of rotatable bonds is 3. The molecule has 3 nitrogen and oxygen atoms in total. The zero-order chi connectivity index (χ0) is 9.94. The van der Waals surface area contributed by atoms with Gasteiger partial charge in [-0.15, -0.1) is 0 Å². The van der Waals surface area contributed by atoms with E-state index in [4.69, 9.17) is 5.73 Å². The second-order valence-electron chi connectivity index (χ2n) is 3.60. The van der Waals surface area contributed by atoms with Crippen LogP contribution in [0.3, 0.4) is 0 Å². The van der Waals surface area contributed by atoms with Crippen LogP contribution >= 0.6 is 0 Å². The molecule has 0 saturated carbocycles. The first-order valence-electron chi connectivity index (χ1n) is 4.13. The first-order chi connectivity index (χ1) is 5.34. The Morgan fingerprint density at radius 2 is 2.00 bits per heavy atom. The molecule has 0 aliphatic heterocycles. The molecule has 0 saturated heterocycles. The van der Waals surface area contributed by atoms with Crippen LogP contribution in [0.1, 0.15) is 20.3 Å². The highest BCUT2D eigenvalue weighted by Gasteiger charge is 2.32. The summed E-state index contributed by atoms with van der Waals surface area (Å²) in [5.41, 5.74) is 6.36. The second kappa shape index (κ2) is 3.83. The minimum absolute atomic E-state index is 0.00403. The van der Waals surface area contributed by atoms with Gasteiger partial charge < -0.3 is 0 Å². The first-order valence-corrected chi connectivity index (χ1v) is 4.13. The highest BCUT2D eigenvalue weighted by Crippen LogP contribution is 2.10. The van der Waals surface area contributed by atoms with Gasteiger partial charge >= 0.3 is 5.91 Å². The van der Waals surface area contributed by atoms with Crippen LogP contribution in [0.5, 0.6) is 0 Å². The highest BCUT2D eigenvalue weighted by molar-refractivity contribution is 5.86. The van der Waals surface area contributed by atoms with E-state index in [9.17, 15) is 4.79 Å². The van der Waals surface area contributed by atoms with Crippen molar-refractivity contribution in [2.24, 2.45) is 5.73 Å². The number of nitrogens with zero attached hydrogens (tertiary/aromatic N) is 1. The van der Waals surface area contributed by atoms with Gasteiger partial charge in [-0.3, -0.25) is 5.73 Å². The van der Waals surface area contributed by atoms with Crippen molar-refractivity contribution in [3.63, 3.8) is 0 Å². The Kier molecular flexibility index (Phi) is 3.61. The van der Waals surface area contributed by atoms with E-state index in [-0.39, 0.29) is 16.6 Å². The van der Waals surface area contributed by atoms with E-state index < -0.39 is 0 Å². The van der Waals surface area contributed by atoms with Crippen molar-refractivity contribution in [3.8, 4) is 0 Å². The fourth-order valence-corrected chi connectivity index (χ4v) is 1.10. The molecule has 0 aromatic heterocycles. The van der Waals surface area contributed by atoms with E-state index >= 15 is 0 Å². The molecule has 0 heterocycles. The molecule has 0 bridgehead atoms. The number of carbonyl (C=O) groups excluding carboxylic acids is 1. The lowest BCUT2D eigenvalue weighted by Gasteiger charge is -2.32. The summed E-state index contributed by atoms with van der Waals surface area (Å²) in [6.45, 7) is 7.30. The van der Waals surface area contributed by atoms with E-state index in [0.29, 0.717) is 5.57 Å². The van der Waals surface area contributed by atoms with Gasteiger partial charge in [-0.1, -0.05) is 13.5 Å². The zero-order valence-electron chi connectivity index (χ0n) is 8.42. The van der Waals surface area contributed by atoms with Crippen molar-refractivity contribution >= 4 is 5.91 Å². The van der Waals surface area contributed by atoms with E-state index in [2.05, 4.69) is 6.58 Å². The third-order valence-corrected chi connectivity index (χ3v) is 2.14. The van der Waals surface area contributed by atoms with Crippen molar-refractivity contribution in [1.29, 1.82) is 0 Å². The molecule has 3 heteroatoms. The lowest BCUT2D eigenvalue weighted by atomic mass is 10.2. The molecule has 0 aliphatic carbocycles. The van der Waals surface area contributed by atoms with Crippen LogP contribution in [0, 0.1) is 0 Å². The van der Waals surface area contributed by atoms with Crippen LogP contribution in [-0.4, -0.2) is 30.7 Å². The molecular formula is C9H19N2O+. The third kappa shape index (κ3) is 2.16. The van der Waals surface area contributed by atoms with Gasteiger partial charge in [0.1, 0.15) is 6.17 Å². The van der Waals surface area contributed by atoms with Gasteiger partial charge in [0.15, 0.2) is 0 Å². The van der Waals surface area contributed by atoms with Gasteiger partial charge in [0.25, 0.3) is 0 Å². The Bertz CT molecular complexity index is 197. The quantitative estimate of drug-likeness (QED) is 0.389. The Labute approximate surface area is 74.4 Å². The molecule has 1 unspecified atom stereocenters. The molecule has 0 rings (SSSR count). The van der Waals surface area contributed by atoms with Crippen LogP contribution < -0.4 is 5.73 Å². The Hall–Kier alpha value is -0.670. The maximum absolute atomic E-state index is 11.6. The standard InChI is InChI=1S/C9H19N2O/c1-6-8(10)11(4,5)9(12)7(2)3/h8H,2,6,10H2,1,3-5H3/q+1. The first kappa shape index (κ1) is 11.3. The number of hydrogen-bond acceptors (Lipinski definition) is 2. The molecular weight excluding hydrogens is 152 g/mol. The van der Waals surface area contributed by atoms with Gasteiger partial charge in [0.05, 0.1) is 14.1 Å². The smallest absolute Gasteiger partial charge is 0.281 e. The largest absolute Gasteiger partial charge is 0.341 e. The van der Waals surface area contributed by atoms with E-state index in [1.807, 2.05) is 21.0 Å². The molecule has 0 fully saturated rings. The van der Waals surface area contributed by atoms with Crippen LogP contribution in [0.15, 0.2) is 12.2 Å². The third-order valence-electron chi connectivity index (χ3n) is 2.14. The van der Waals surface area contributed by atoms with Crippen LogP contribution in [-0.2, 0) is 4.79 Å². The Morgan fingerprint density at radius 1 is 1.58 bits per heavy atom. The fourth-order valence-electron chi connectivity index (χ4n) is 1.10. The van der Waals surface area contributed by atoms with E-state index in [0.717, 1.165) is 6.42 Å². The summed E-state index contributed by atoms with van der Waals surface area (Å²) in [6, 6.07) is 0. The molecule has 1 amide bonds. The van der Waals surface area contributed by atoms with Crippen molar-refractivity contribution < 1.29 is 9.28 Å². The molecule has 0 aromatic carbocycles. The molecule has 12 heavy (non-hydrogen) atoms.